The molecule has 148 valence electrons. The number of methoxy groups -OCH3 is 4. The molecule has 4 nitrogen and oxygen atoms in total. The van der Waals surface area contributed by atoms with Crippen LogP contribution in [0.5, 0.6) is 23.0 Å². The lowest BCUT2D eigenvalue weighted by atomic mass is 9.59. The van der Waals surface area contributed by atoms with Gasteiger partial charge in [0.2, 0.25) is 0 Å². The van der Waals surface area contributed by atoms with E-state index in [1.807, 2.05) is 0 Å². The van der Waals surface area contributed by atoms with E-state index in [2.05, 4.69) is 24.3 Å². The lowest BCUT2D eigenvalue weighted by molar-refractivity contribution is 0.170. The topological polar surface area (TPSA) is 36.9 Å². The summed E-state index contributed by atoms with van der Waals surface area (Å²) in [4.78, 5) is 0. The first-order chi connectivity index (χ1) is 13.7. The lowest BCUT2D eigenvalue weighted by Gasteiger charge is -2.44. The fourth-order valence-corrected chi connectivity index (χ4v) is 6.61. The van der Waals surface area contributed by atoms with Gasteiger partial charge in [-0.3, -0.25) is 0 Å². The van der Waals surface area contributed by atoms with E-state index in [1.54, 1.807) is 28.4 Å². The predicted molar refractivity (Wildman–Crippen MR) is 108 cm³/mol. The number of hydrogen-bond donors (Lipinski definition) is 0. The van der Waals surface area contributed by atoms with Crippen LogP contribution in [0.25, 0.3) is 0 Å². The van der Waals surface area contributed by atoms with Crippen molar-refractivity contribution in [1.82, 2.24) is 0 Å². The van der Waals surface area contributed by atoms with Gasteiger partial charge in [0.15, 0.2) is 0 Å². The SMILES string of the molecule is COc1ccc(OC)c2c1CC1CCC[C@H]3Cc4c(OC)ccc(OC)c4C213. The van der Waals surface area contributed by atoms with E-state index >= 15 is 0 Å². The minimum absolute atomic E-state index is 0.0807. The summed E-state index contributed by atoms with van der Waals surface area (Å²) < 4.78 is 23.4. The molecule has 0 saturated heterocycles. The molecule has 2 aromatic rings. The van der Waals surface area contributed by atoms with Crippen LogP contribution in [0.1, 0.15) is 41.5 Å². The van der Waals surface area contributed by atoms with Gasteiger partial charge in [0.25, 0.3) is 0 Å². The Balaban J connectivity index is 1.89. The normalized spacial score (nSPS) is 26.7. The summed E-state index contributed by atoms with van der Waals surface area (Å²) in [7, 11) is 7.10. The molecule has 28 heavy (non-hydrogen) atoms. The summed E-state index contributed by atoms with van der Waals surface area (Å²) in [6.07, 6.45) is 5.78. The summed E-state index contributed by atoms with van der Waals surface area (Å²) in [5.41, 5.74) is 5.21. The van der Waals surface area contributed by atoms with Crippen molar-refractivity contribution in [2.24, 2.45) is 11.8 Å². The van der Waals surface area contributed by atoms with Crippen molar-refractivity contribution in [3.05, 3.63) is 46.5 Å². The van der Waals surface area contributed by atoms with Crippen LogP contribution in [0.15, 0.2) is 24.3 Å². The molecule has 2 aromatic carbocycles. The standard InChI is InChI=1S/C24H28O4/c1-25-18-8-10-20(27-3)22-16(18)12-14-6-5-7-15-13-17-19(26-2)9-11-21(28-4)23(17)24(14,15)22/h8-11,14-15H,5-7,12-13H2,1-4H3/t14-,15?,24?/m0/s1. The maximum atomic E-state index is 5.93. The van der Waals surface area contributed by atoms with Crippen LogP contribution >= 0.6 is 0 Å². The van der Waals surface area contributed by atoms with Crippen molar-refractivity contribution in [2.45, 2.75) is 37.5 Å². The average molecular weight is 380 g/mol. The van der Waals surface area contributed by atoms with Crippen molar-refractivity contribution in [3.63, 3.8) is 0 Å². The zero-order chi connectivity index (χ0) is 19.5. The molecule has 0 bridgehead atoms. The van der Waals surface area contributed by atoms with Crippen LogP contribution in [0.3, 0.4) is 0 Å². The molecular formula is C24H28O4. The van der Waals surface area contributed by atoms with Gasteiger partial charge in [0.05, 0.1) is 28.4 Å². The van der Waals surface area contributed by atoms with Gasteiger partial charge in [-0.25, -0.2) is 0 Å². The van der Waals surface area contributed by atoms with Gasteiger partial charge in [-0.1, -0.05) is 6.42 Å². The molecule has 1 spiro atoms. The van der Waals surface area contributed by atoms with E-state index in [1.165, 1.54) is 41.5 Å². The molecule has 0 heterocycles. The third-order valence-corrected chi connectivity index (χ3v) is 7.46. The predicted octanol–water partition coefficient (Wildman–Crippen LogP) is 4.54. The fourth-order valence-electron chi connectivity index (χ4n) is 6.61. The third kappa shape index (κ3) is 2.01. The van der Waals surface area contributed by atoms with Gasteiger partial charge < -0.3 is 18.9 Å². The van der Waals surface area contributed by atoms with Gasteiger partial charge in [-0.05, 0) is 61.8 Å². The summed E-state index contributed by atoms with van der Waals surface area (Å²) in [6, 6.07) is 8.26. The number of fused-ring (bicyclic) bond motifs is 2. The molecule has 2 unspecified atom stereocenters. The summed E-state index contributed by atoms with van der Waals surface area (Å²) in [5.74, 6) is 4.98. The Hall–Kier alpha value is -2.36. The minimum Gasteiger partial charge on any atom is -0.496 e. The van der Waals surface area contributed by atoms with Crippen molar-refractivity contribution in [3.8, 4) is 23.0 Å². The molecule has 3 aliphatic carbocycles. The fraction of sp³-hybridized carbons (Fsp3) is 0.500. The second-order valence-corrected chi connectivity index (χ2v) is 8.25. The average Bonchev–Trinajstić information content (AvgIpc) is 3.27. The maximum absolute atomic E-state index is 5.93. The second-order valence-electron chi connectivity index (χ2n) is 8.25. The first-order valence-corrected chi connectivity index (χ1v) is 10.2. The van der Waals surface area contributed by atoms with Crippen molar-refractivity contribution < 1.29 is 18.9 Å². The van der Waals surface area contributed by atoms with E-state index in [9.17, 15) is 0 Å². The lowest BCUT2D eigenvalue weighted by Crippen LogP contribution is -2.41. The van der Waals surface area contributed by atoms with Crippen LogP contribution in [-0.4, -0.2) is 28.4 Å². The highest BCUT2D eigenvalue weighted by atomic mass is 16.5. The number of benzene rings is 2. The number of ether oxygens (including phenoxy) is 4. The minimum atomic E-state index is -0.0807. The largest absolute Gasteiger partial charge is 0.496 e. The zero-order valence-electron chi connectivity index (χ0n) is 17.1. The molecule has 3 aliphatic rings. The highest BCUT2D eigenvalue weighted by Gasteiger charge is 2.61. The second kappa shape index (κ2) is 6.33. The molecule has 0 radical (unpaired) electrons. The Kier molecular flexibility index (Phi) is 4.01. The molecular weight excluding hydrogens is 352 g/mol. The van der Waals surface area contributed by atoms with Crippen LogP contribution in [0.4, 0.5) is 0 Å². The molecule has 3 atom stereocenters. The van der Waals surface area contributed by atoms with Gasteiger partial charge in [-0.2, -0.15) is 0 Å². The summed E-state index contributed by atoms with van der Waals surface area (Å²) >= 11 is 0. The van der Waals surface area contributed by atoms with E-state index in [-0.39, 0.29) is 5.41 Å². The van der Waals surface area contributed by atoms with Gasteiger partial charge >= 0.3 is 0 Å². The van der Waals surface area contributed by atoms with E-state index in [0.717, 1.165) is 35.8 Å². The van der Waals surface area contributed by atoms with Crippen LogP contribution < -0.4 is 18.9 Å². The highest BCUT2D eigenvalue weighted by Crippen LogP contribution is 2.68. The van der Waals surface area contributed by atoms with Gasteiger partial charge in [0, 0.05) is 27.7 Å². The quantitative estimate of drug-likeness (QED) is 0.781. The molecule has 5 rings (SSSR count). The number of hydrogen-bond acceptors (Lipinski definition) is 4. The van der Waals surface area contributed by atoms with Gasteiger partial charge in [-0.15, -0.1) is 0 Å². The summed E-state index contributed by atoms with van der Waals surface area (Å²) in [6.45, 7) is 0. The van der Waals surface area contributed by atoms with Crippen molar-refractivity contribution >= 4 is 0 Å². The van der Waals surface area contributed by atoms with E-state index < -0.39 is 0 Å². The zero-order valence-corrected chi connectivity index (χ0v) is 17.1. The molecule has 1 fully saturated rings. The summed E-state index contributed by atoms with van der Waals surface area (Å²) in [5, 5.41) is 0. The molecule has 1 saturated carbocycles. The van der Waals surface area contributed by atoms with Crippen molar-refractivity contribution in [1.29, 1.82) is 0 Å². The van der Waals surface area contributed by atoms with Crippen molar-refractivity contribution in [2.75, 3.05) is 28.4 Å². The maximum Gasteiger partial charge on any atom is 0.123 e. The Morgan fingerprint density at radius 1 is 0.643 bits per heavy atom. The van der Waals surface area contributed by atoms with Gasteiger partial charge in [0.1, 0.15) is 23.0 Å². The Morgan fingerprint density at radius 2 is 1.04 bits per heavy atom. The first-order valence-electron chi connectivity index (χ1n) is 10.2. The molecule has 0 N–H and O–H groups in total. The molecule has 0 amide bonds. The highest BCUT2D eigenvalue weighted by molar-refractivity contribution is 5.69. The monoisotopic (exact) mass is 380 g/mol. The Morgan fingerprint density at radius 3 is 1.43 bits per heavy atom. The van der Waals surface area contributed by atoms with E-state index in [0.29, 0.717) is 11.8 Å². The van der Waals surface area contributed by atoms with Crippen LogP contribution in [0, 0.1) is 11.8 Å². The van der Waals surface area contributed by atoms with Crippen LogP contribution in [-0.2, 0) is 18.3 Å². The first kappa shape index (κ1) is 17.7. The smallest absolute Gasteiger partial charge is 0.123 e. The molecule has 0 aromatic heterocycles. The molecule has 4 heteroatoms. The Bertz CT molecular complexity index is 857. The molecule has 0 aliphatic heterocycles. The van der Waals surface area contributed by atoms with Crippen LogP contribution in [0.2, 0.25) is 0 Å². The van der Waals surface area contributed by atoms with E-state index in [4.69, 9.17) is 18.9 Å². The Labute approximate surface area is 166 Å². The third-order valence-electron chi connectivity index (χ3n) is 7.46. The number of rotatable bonds is 4.